The maximum absolute atomic E-state index is 13.1. The van der Waals surface area contributed by atoms with E-state index < -0.39 is 11.2 Å². The molecule has 2 aliphatic carbocycles. The van der Waals surface area contributed by atoms with Crippen LogP contribution < -0.4 is 9.47 Å². The number of ether oxygens (including phenoxy) is 2. The van der Waals surface area contributed by atoms with Crippen molar-refractivity contribution in [3.63, 3.8) is 0 Å². The van der Waals surface area contributed by atoms with Crippen LogP contribution in [0.4, 0.5) is 0 Å². The Morgan fingerprint density at radius 3 is 1.18 bits per heavy atom. The third kappa shape index (κ3) is 3.98. The molecule has 0 amide bonds. The van der Waals surface area contributed by atoms with Gasteiger partial charge in [-0.15, -0.1) is 45.3 Å². The molecule has 2 aliphatic heterocycles. The number of fused-ring (bicyclic) bond motifs is 11. The Balaban J connectivity index is 1.08. The van der Waals surface area contributed by atoms with E-state index in [-0.39, 0.29) is 34.3 Å². The molecule has 0 radical (unpaired) electrons. The summed E-state index contributed by atoms with van der Waals surface area (Å²) in [5.41, 5.74) is 3.07. The number of ketones is 4. The molecule has 6 heterocycles. The summed E-state index contributed by atoms with van der Waals surface area (Å²) in [6, 6.07) is 17.8. The van der Waals surface area contributed by atoms with E-state index in [0.29, 0.717) is 22.3 Å². The molecule has 0 N–H and O–H groups in total. The predicted molar refractivity (Wildman–Crippen MR) is 200 cm³/mol. The van der Waals surface area contributed by atoms with Gasteiger partial charge < -0.3 is 9.47 Å². The fraction of sp³-hybridized carbons (Fsp3) is 0.150. The van der Waals surface area contributed by atoms with E-state index in [1.807, 2.05) is 12.1 Å². The second-order valence-corrected chi connectivity index (χ2v) is 17.9. The van der Waals surface area contributed by atoms with Crippen molar-refractivity contribution in [2.45, 2.75) is 38.9 Å². The van der Waals surface area contributed by atoms with Crippen molar-refractivity contribution in [3.8, 4) is 31.0 Å². The van der Waals surface area contributed by atoms with Crippen LogP contribution in [0.3, 0.4) is 0 Å². The van der Waals surface area contributed by atoms with Gasteiger partial charge in [-0.1, -0.05) is 48.5 Å². The Morgan fingerprint density at radius 1 is 0.500 bits per heavy atom. The second-order valence-electron chi connectivity index (χ2n) is 13.7. The molecule has 4 aliphatic rings. The summed E-state index contributed by atoms with van der Waals surface area (Å²) in [7, 11) is 0. The number of benzene rings is 2. The van der Waals surface area contributed by atoms with Crippen molar-refractivity contribution in [1.29, 1.82) is 0 Å². The van der Waals surface area contributed by atoms with Gasteiger partial charge in [0.05, 0.1) is 40.1 Å². The average molecular weight is 729 g/mol. The molecule has 0 saturated carbocycles. The molecule has 50 heavy (non-hydrogen) atoms. The normalized spacial score (nSPS) is 17.5. The van der Waals surface area contributed by atoms with E-state index >= 15 is 0 Å². The zero-order valence-electron chi connectivity index (χ0n) is 27.0. The molecule has 0 bridgehead atoms. The third-order valence-electron chi connectivity index (χ3n) is 9.69. The van der Waals surface area contributed by atoms with Gasteiger partial charge in [-0.3, -0.25) is 19.2 Å². The average Bonchev–Trinajstić information content (AvgIpc) is 3.90. The quantitative estimate of drug-likeness (QED) is 0.130. The van der Waals surface area contributed by atoms with Gasteiger partial charge in [0.15, 0.2) is 23.1 Å². The minimum Gasteiger partial charge on any atom is -0.481 e. The molecule has 0 spiro atoms. The van der Waals surface area contributed by atoms with Gasteiger partial charge in [0.2, 0.25) is 0 Å². The summed E-state index contributed by atoms with van der Waals surface area (Å²) in [6.45, 7) is 8.30. The van der Waals surface area contributed by atoms with Gasteiger partial charge >= 0.3 is 0 Å². The lowest BCUT2D eigenvalue weighted by Gasteiger charge is -2.31. The Bertz CT molecular complexity index is 2430. The number of hydrogen-bond acceptors (Lipinski definition) is 10. The number of thiophene rings is 4. The first-order chi connectivity index (χ1) is 23.9. The summed E-state index contributed by atoms with van der Waals surface area (Å²) in [4.78, 5) is 58.3. The molecule has 0 unspecified atom stereocenters. The van der Waals surface area contributed by atoms with E-state index in [9.17, 15) is 19.2 Å². The smallest absolute Gasteiger partial charge is 0.197 e. The summed E-state index contributed by atoms with van der Waals surface area (Å²) in [5.74, 6) is 0.492. The first kappa shape index (κ1) is 30.1. The van der Waals surface area contributed by atoms with Gasteiger partial charge in [-0.05, 0) is 52.0 Å². The molecule has 2 aromatic carbocycles. The van der Waals surface area contributed by atoms with Crippen LogP contribution in [0.15, 0.2) is 71.8 Å². The van der Waals surface area contributed by atoms with Gasteiger partial charge in [0.1, 0.15) is 22.7 Å². The van der Waals surface area contributed by atoms with Crippen LogP contribution in [0.2, 0.25) is 0 Å². The number of carbonyl (C=O) groups is 4. The minimum absolute atomic E-state index is 0.178. The molecule has 6 aromatic rings. The van der Waals surface area contributed by atoms with Crippen molar-refractivity contribution in [2.75, 3.05) is 0 Å². The highest BCUT2D eigenvalue weighted by molar-refractivity contribution is 7.34. The van der Waals surface area contributed by atoms with Crippen LogP contribution in [0.25, 0.3) is 41.1 Å². The fourth-order valence-corrected chi connectivity index (χ4v) is 13.3. The van der Waals surface area contributed by atoms with Crippen molar-refractivity contribution in [3.05, 3.63) is 115 Å². The minimum atomic E-state index is -0.647. The lowest BCUT2D eigenvalue weighted by atomic mass is 9.92. The first-order valence-electron chi connectivity index (χ1n) is 16.0. The first-order valence-corrected chi connectivity index (χ1v) is 19.2. The van der Waals surface area contributed by atoms with Crippen LogP contribution in [-0.2, 0) is 11.2 Å². The lowest BCUT2D eigenvalue weighted by molar-refractivity contribution is 0.0975. The van der Waals surface area contributed by atoms with E-state index in [1.54, 1.807) is 83.4 Å². The topological polar surface area (TPSA) is 86.7 Å². The summed E-state index contributed by atoms with van der Waals surface area (Å²) in [5, 5.41) is 0. The molecule has 0 fully saturated rings. The molecule has 10 rings (SSSR count). The lowest BCUT2D eigenvalue weighted by Crippen LogP contribution is -2.27. The summed E-state index contributed by atoms with van der Waals surface area (Å²) >= 11 is 6.50. The fourth-order valence-electron chi connectivity index (χ4n) is 7.49. The second kappa shape index (κ2) is 9.95. The number of rotatable bonds is 2. The van der Waals surface area contributed by atoms with Crippen LogP contribution in [0, 0.1) is 0 Å². The molecule has 0 atom stereocenters. The Hall–Kier alpha value is -4.74. The molecule has 10 heteroatoms. The zero-order valence-corrected chi connectivity index (χ0v) is 30.3. The standard InChI is InChI=1S/C40H24O6S4/c1-39(2)27-35(33-25(45-39)15-17(47-33)13-23-29(41)19-9-5-6-10-20(19)30(23)42)49-38-28-36(50-37(27)38)34-26(46-40(28,3)4)16-18(48-34)14-24-31(43)21-11-7-8-12-22(21)32(24)44/h5-16H,1-4H3. The van der Waals surface area contributed by atoms with E-state index in [0.717, 1.165) is 61.3 Å². The highest BCUT2D eigenvalue weighted by atomic mass is 32.1. The Morgan fingerprint density at radius 2 is 0.840 bits per heavy atom. The molecular formula is C40H24O6S4. The maximum Gasteiger partial charge on any atom is 0.197 e. The highest BCUT2D eigenvalue weighted by Crippen LogP contribution is 2.62. The summed E-state index contributed by atoms with van der Waals surface area (Å²) < 4.78 is 15.6. The molecule has 244 valence electrons. The zero-order chi connectivity index (χ0) is 34.4. The maximum atomic E-state index is 13.1. The number of carbonyl (C=O) groups excluding carboxylic acids is 4. The van der Waals surface area contributed by atoms with Crippen LogP contribution in [0.1, 0.15) is 90.0 Å². The monoisotopic (exact) mass is 728 g/mol. The van der Waals surface area contributed by atoms with Crippen molar-refractivity contribution in [2.24, 2.45) is 0 Å². The summed E-state index contributed by atoms with van der Waals surface area (Å²) in [6.07, 6.45) is 3.41. The molecular weight excluding hydrogens is 705 g/mol. The van der Waals surface area contributed by atoms with Gasteiger partial charge in [-0.25, -0.2) is 0 Å². The van der Waals surface area contributed by atoms with E-state index in [4.69, 9.17) is 9.47 Å². The highest BCUT2D eigenvalue weighted by Gasteiger charge is 2.44. The van der Waals surface area contributed by atoms with E-state index in [1.165, 1.54) is 22.7 Å². The van der Waals surface area contributed by atoms with Crippen LogP contribution in [-0.4, -0.2) is 23.1 Å². The van der Waals surface area contributed by atoms with Gasteiger partial charge in [-0.2, -0.15) is 0 Å². The largest absolute Gasteiger partial charge is 0.481 e. The molecule has 0 saturated heterocycles. The Kier molecular flexibility index (Phi) is 5.99. The Labute approximate surface area is 301 Å². The number of Topliss-reactive ketones (excluding diaryl/α,β-unsaturated/α-hetero) is 4. The third-order valence-corrected chi connectivity index (χ3v) is 14.7. The van der Waals surface area contributed by atoms with Crippen molar-refractivity contribution < 1.29 is 28.7 Å². The van der Waals surface area contributed by atoms with Crippen molar-refractivity contribution >= 4 is 90.0 Å². The molecule has 6 nitrogen and oxygen atoms in total. The van der Waals surface area contributed by atoms with Gasteiger partial charge in [0.25, 0.3) is 0 Å². The predicted octanol–water partition coefficient (Wildman–Crippen LogP) is 10.6. The van der Waals surface area contributed by atoms with Crippen LogP contribution in [0.5, 0.6) is 11.5 Å². The number of hydrogen-bond donors (Lipinski definition) is 0. The van der Waals surface area contributed by atoms with Crippen molar-refractivity contribution in [1.82, 2.24) is 0 Å². The van der Waals surface area contributed by atoms with Crippen LogP contribution >= 0.6 is 45.3 Å². The van der Waals surface area contributed by atoms with Gasteiger partial charge in [0, 0.05) is 43.1 Å². The molecule has 4 aromatic heterocycles. The number of allylic oxidation sites excluding steroid dienone is 2. The SMILES string of the molecule is CC1(C)Oc2cc(C=C3C(=O)c4ccccc4C3=O)sc2-c2sc3c4c(sc3c21)-c1sc(C=C2C(=O)c3ccccc3C2=O)cc1OC4(C)C. The van der Waals surface area contributed by atoms with E-state index in [2.05, 4.69) is 27.7 Å².